The molecule has 1 heterocycles. The van der Waals surface area contributed by atoms with Gasteiger partial charge in [0.15, 0.2) is 0 Å². The van der Waals surface area contributed by atoms with Gasteiger partial charge in [-0.2, -0.15) is 0 Å². The van der Waals surface area contributed by atoms with Crippen molar-refractivity contribution in [2.24, 2.45) is 0 Å². The van der Waals surface area contributed by atoms with Gasteiger partial charge in [0.25, 0.3) is 0 Å². The molecule has 3 rings (SSSR count). The van der Waals surface area contributed by atoms with E-state index in [0.29, 0.717) is 17.7 Å². The SMILES string of the molecule is COC(=O)c1ccc(CN2CCOC3CCCC32)c(Br)c1. The van der Waals surface area contributed by atoms with E-state index in [1.807, 2.05) is 18.2 Å². The van der Waals surface area contributed by atoms with E-state index in [0.717, 1.165) is 24.2 Å². The molecule has 0 N–H and O–H groups in total. The van der Waals surface area contributed by atoms with Crippen molar-refractivity contribution in [2.75, 3.05) is 20.3 Å². The van der Waals surface area contributed by atoms with Gasteiger partial charge >= 0.3 is 5.97 Å². The predicted octanol–water partition coefficient (Wildman–Crippen LogP) is 2.99. The third-order valence-corrected chi connectivity index (χ3v) is 5.18. The molecule has 0 aromatic heterocycles. The molecule has 0 radical (unpaired) electrons. The van der Waals surface area contributed by atoms with Crippen LogP contribution in [0.1, 0.15) is 35.2 Å². The first-order valence-electron chi connectivity index (χ1n) is 7.41. The number of halogens is 1. The van der Waals surface area contributed by atoms with Gasteiger partial charge in [-0.3, -0.25) is 4.90 Å². The van der Waals surface area contributed by atoms with Gasteiger partial charge < -0.3 is 9.47 Å². The Morgan fingerprint density at radius 3 is 3.10 bits per heavy atom. The molecular formula is C16H20BrNO3. The Morgan fingerprint density at radius 1 is 1.48 bits per heavy atom. The molecule has 1 aromatic carbocycles. The number of hydrogen-bond acceptors (Lipinski definition) is 4. The Bertz CT molecular complexity index is 534. The third kappa shape index (κ3) is 3.15. The fourth-order valence-corrected chi connectivity index (χ4v) is 3.85. The molecule has 2 fully saturated rings. The average molecular weight is 354 g/mol. The van der Waals surface area contributed by atoms with Gasteiger partial charge in [-0.25, -0.2) is 4.79 Å². The van der Waals surface area contributed by atoms with Crippen LogP contribution < -0.4 is 0 Å². The lowest BCUT2D eigenvalue weighted by atomic mass is 10.1. The molecule has 0 spiro atoms. The lowest BCUT2D eigenvalue weighted by Crippen LogP contribution is -2.47. The monoisotopic (exact) mass is 353 g/mol. The quantitative estimate of drug-likeness (QED) is 0.783. The van der Waals surface area contributed by atoms with Gasteiger partial charge in [0.2, 0.25) is 0 Å². The van der Waals surface area contributed by atoms with Crippen LogP contribution in [-0.4, -0.2) is 43.3 Å². The maximum Gasteiger partial charge on any atom is 0.337 e. The fraction of sp³-hybridized carbons (Fsp3) is 0.562. The van der Waals surface area contributed by atoms with Crippen LogP contribution in [0.4, 0.5) is 0 Å². The molecular weight excluding hydrogens is 334 g/mol. The summed E-state index contributed by atoms with van der Waals surface area (Å²) in [6.07, 6.45) is 4.08. The van der Waals surface area contributed by atoms with Crippen molar-refractivity contribution in [1.82, 2.24) is 4.90 Å². The van der Waals surface area contributed by atoms with Gasteiger partial charge in [0.05, 0.1) is 25.4 Å². The fourth-order valence-electron chi connectivity index (χ4n) is 3.34. The van der Waals surface area contributed by atoms with E-state index in [4.69, 9.17) is 9.47 Å². The molecule has 2 unspecified atom stereocenters. The number of hydrogen-bond donors (Lipinski definition) is 0. The second kappa shape index (κ2) is 6.46. The minimum atomic E-state index is -0.301. The first-order valence-corrected chi connectivity index (χ1v) is 8.20. The summed E-state index contributed by atoms with van der Waals surface area (Å²) in [5, 5.41) is 0. The van der Waals surface area contributed by atoms with Crippen LogP contribution >= 0.6 is 15.9 Å². The van der Waals surface area contributed by atoms with Gasteiger partial charge in [0.1, 0.15) is 0 Å². The first-order chi connectivity index (χ1) is 10.2. The van der Waals surface area contributed by atoms with Crippen LogP contribution in [0.25, 0.3) is 0 Å². The maximum atomic E-state index is 11.5. The van der Waals surface area contributed by atoms with E-state index in [1.165, 1.54) is 31.9 Å². The predicted molar refractivity (Wildman–Crippen MR) is 83.3 cm³/mol. The number of methoxy groups -OCH3 is 1. The number of fused-ring (bicyclic) bond motifs is 1. The van der Waals surface area contributed by atoms with Crippen molar-refractivity contribution in [3.63, 3.8) is 0 Å². The molecule has 114 valence electrons. The molecule has 1 aliphatic heterocycles. The minimum Gasteiger partial charge on any atom is -0.465 e. The summed E-state index contributed by atoms with van der Waals surface area (Å²) >= 11 is 3.58. The number of esters is 1. The highest BCUT2D eigenvalue weighted by molar-refractivity contribution is 9.10. The topological polar surface area (TPSA) is 38.8 Å². The summed E-state index contributed by atoms with van der Waals surface area (Å²) in [4.78, 5) is 14.1. The van der Waals surface area contributed by atoms with Crippen LogP contribution in [-0.2, 0) is 16.0 Å². The lowest BCUT2D eigenvalue weighted by molar-refractivity contribution is -0.0588. The Labute approximate surface area is 133 Å². The molecule has 21 heavy (non-hydrogen) atoms. The number of ether oxygens (including phenoxy) is 2. The molecule has 2 atom stereocenters. The number of rotatable bonds is 3. The van der Waals surface area contributed by atoms with Gasteiger partial charge in [-0.05, 0) is 37.0 Å². The largest absolute Gasteiger partial charge is 0.465 e. The smallest absolute Gasteiger partial charge is 0.337 e. The normalized spacial score (nSPS) is 25.6. The molecule has 1 saturated carbocycles. The van der Waals surface area contributed by atoms with E-state index in [2.05, 4.69) is 20.8 Å². The van der Waals surface area contributed by atoms with Crippen LogP contribution in [0, 0.1) is 0 Å². The maximum absolute atomic E-state index is 11.5. The number of carbonyl (C=O) groups excluding carboxylic acids is 1. The van der Waals surface area contributed by atoms with E-state index in [1.54, 1.807) is 0 Å². The molecule has 1 saturated heterocycles. The van der Waals surface area contributed by atoms with Crippen molar-refractivity contribution in [1.29, 1.82) is 0 Å². The van der Waals surface area contributed by atoms with Gasteiger partial charge in [-0.1, -0.05) is 22.0 Å². The second-order valence-electron chi connectivity index (χ2n) is 5.68. The molecule has 1 aromatic rings. The minimum absolute atomic E-state index is 0.301. The third-order valence-electron chi connectivity index (χ3n) is 4.44. The van der Waals surface area contributed by atoms with E-state index in [9.17, 15) is 4.79 Å². The van der Waals surface area contributed by atoms with Crippen LogP contribution in [0.15, 0.2) is 22.7 Å². The zero-order valence-electron chi connectivity index (χ0n) is 12.2. The molecule has 0 bridgehead atoms. The average Bonchev–Trinajstić information content (AvgIpc) is 2.98. The highest BCUT2D eigenvalue weighted by Gasteiger charge is 2.35. The first kappa shape index (κ1) is 15.0. The van der Waals surface area contributed by atoms with Gasteiger partial charge in [-0.15, -0.1) is 0 Å². The van der Waals surface area contributed by atoms with Crippen LogP contribution in [0.2, 0.25) is 0 Å². The second-order valence-corrected chi connectivity index (χ2v) is 6.53. The number of nitrogens with zero attached hydrogens (tertiary/aromatic N) is 1. The Balaban J connectivity index is 1.74. The summed E-state index contributed by atoms with van der Waals surface area (Å²) in [6.45, 7) is 2.69. The van der Waals surface area contributed by atoms with Crippen molar-refractivity contribution in [3.05, 3.63) is 33.8 Å². The Kier molecular flexibility index (Phi) is 4.62. The van der Waals surface area contributed by atoms with Crippen molar-refractivity contribution < 1.29 is 14.3 Å². The number of benzene rings is 1. The standard InChI is InChI=1S/C16H20BrNO3/c1-20-16(19)11-5-6-12(13(17)9-11)10-18-7-8-21-15-4-2-3-14(15)18/h5-6,9,14-15H,2-4,7-8,10H2,1H3. The summed E-state index contributed by atoms with van der Waals surface area (Å²) < 4.78 is 11.6. The summed E-state index contributed by atoms with van der Waals surface area (Å²) in [5.74, 6) is -0.301. The van der Waals surface area contributed by atoms with E-state index in [-0.39, 0.29) is 5.97 Å². The van der Waals surface area contributed by atoms with Gasteiger partial charge in [0, 0.05) is 23.6 Å². The molecule has 5 heteroatoms. The number of morpholine rings is 1. The lowest BCUT2D eigenvalue weighted by Gasteiger charge is -2.37. The van der Waals surface area contributed by atoms with E-state index < -0.39 is 0 Å². The molecule has 4 nitrogen and oxygen atoms in total. The molecule has 0 amide bonds. The summed E-state index contributed by atoms with van der Waals surface area (Å²) in [6, 6.07) is 6.23. The van der Waals surface area contributed by atoms with Crippen molar-refractivity contribution >= 4 is 21.9 Å². The molecule has 2 aliphatic rings. The molecule has 1 aliphatic carbocycles. The zero-order chi connectivity index (χ0) is 14.8. The Morgan fingerprint density at radius 2 is 2.33 bits per heavy atom. The zero-order valence-corrected chi connectivity index (χ0v) is 13.8. The van der Waals surface area contributed by atoms with E-state index >= 15 is 0 Å². The Hall–Kier alpha value is -0.910. The van der Waals surface area contributed by atoms with Crippen molar-refractivity contribution in [2.45, 2.75) is 38.0 Å². The van der Waals surface area contributed by atoms with Crippen LogP contribution in [0.5, 0.6) is 0 Å². The van der Waals surface area contributed by atoms with Crippen LogP contribution in [0.3, 0.4) is 0 Å². The van der Waals surface area contributed by atoms with Crippen molar-refractivity contribution in [3.8, 4) is 0 Å². The summed E-state index contributed by atoms with van der Waals surface area (Å²) in [5.41, 5.74) is 1.78. The summed E-state index contributed by atoms with van der Waals surface area (Å²) in [7, 11) is 1.40. The highest BCUT2D eigenvalue weighted by atomic mass is 79.9. The highest BCUT2D eigenvalue weighted by Crippen LogP contribution is 2.31. The number of carbonyl (C=O) groups is 1.